The maximum absolute atomic E-state index is 13.0. The number of piperazine rings is 1. The Morgan fingerprint density at radius 3 is 2.56 bits per heavy atom. The molecule has 1 atom stereocenters. The SMILES string of the molecule is CN1CCN([C@H](CNC(=O)Cc2ccc(F)cc2)c2ccsc2)CC1. The van der Waals surface area contributed by atoms with Crippen molar-refractivity contribution in [2.24, 2.45) is 0 Å². The van der Waals surface area contributed by atoms with Crippen molar-refractivity contribution in [2.75, 3.05) is 39.8 Å². The summed E-state index contributed by atoms with van der Waals surface area (Å²) in [7, 11) is 2.14. The van der Waals surface area contributed by atoms with Crippen molar-refractivity contribution in [3.05, 3.63) is 58.0 Å². The number of thiophene rings is 1. The van der Waals surface area contributed by atoms with Crippen molar-refractivity contribution in [3.8, 4) is 0 Å². The smallest absolute Gasteiger partial charge is 0.224 e. The van der Waals surface area contributed by atoms with Gasteiger partial charge in [-0.25, -0.2) is 4.39 Å². The van der Waals surface area contributed by atoms with Crippen LogP contribution < -0.4 is 5.32 Å². The van der Waals surface area contributed by atoms with Gasteiger partial charge >= 0.3 is 0 Å². The van der Waals surface area contributed by atoms with E-state index in [2.05, 4.69) is 39.0 Å². The second-order valence-corrected chi connectivity index (χ2v) is 7.30. The van der Waals surface area contributed by atoms with Gasteiger partial charge in [-0.05, 0) is 47.1 Å². The summed E-state index contributed by atoms with van der Waals surface area (Å²) in [5, 5.41) is 7.30. The first-order chi connectivity index (χ1) is 12.1. The molecule has 1 aliphatic heterocycles. The van der Waals surface area contributed by atoms with Gasteiger partial charge in [0.15, 0.2) is 0 Å². The van der Waals surface area contributed by atoms with Crippen LogP contribution in [0.3, 0.4) is 0 Å². The largest absolute Gasteiger partial charge is 0.354 e. The molecule has 0 bridgehead atoms. The van der Waals surface area contributed by atoms with Crippen molar-refractivity contribution in [1.82, 2.24) is 15.1 Å². The molecular weight excluding hydrogens is 337 g/mol. The highest BCUT2D eigenvalue weighted by atomic mass is 32.1. The molecule has 0 saturated carbocycles. The van der Waals surface area contributed by atoms with Crippen LogP contribution in [0.2, 0.25) is 0 Å². The van der Waals surface area contributed by atoms with Gasteiger partial charge in [0.2, 0.25) is 5.91 Å². The van der Waals surface area contributed by atoms with Crippen LogP contribution >= 0.6 is 11.3 Å². The highest BCUT2D eigenvalue weighted by Gasteiger charge is 2.24. The molecule has 3 rings (SSSR count). The quantitative estimate of drug-likeness (QED) is 0.859. The zero-order valence-corrected chi connectivity index (χ0v) is 15.3. The van der Waals surface area contributed by atoms with Crippen LogP contribution in [-0.2, 0) is 11.2 Å². The van der Waals surface area contributed by atoms with Crippen LogP contribution in [0.15, 0.2) is 41.1 Å². The molecule has 2 heterocycles. The summed E-state index contributed by atoms with van der Waals surface area (Å²) in [6.45, 7) is 4.70. The first kappa shape index (κ1) is 18.0. The Kier molecular flexibility index (Phi) is 6.18. The van der Waals surface area contributed by atoms with Crippen LogP contribution in [0, 0.1) is 5.82 Å². The van der Waals surface area contributed by atoms with E-state index >= 15 is 0 Å². The molecule has 0 spiro atoms. The number of hydrogen-bond donors (Lipinski definition) is 1. The van der Waals surface area contributed by atoms with Crippen molar-refractivity contribution in [3.63, 3.8) is 0 Å². The van der Waals surface area contributed by atoms with E-state index in [0.717, 1.165) is 31.7 Å². The average Bonchev–Trinajstić information content (AvgIpc) is 3.13. The molecular formula is C19H24FN3OS. The third kappa shape index (κ3) is 5.11. The van der Waals surface area contributed by atoms with E-state index in [1.165, 1.54) is 17.7 Å². The third-order valence-corrected chi connectivity index (χ3v) is 5.38. The Hall–Kier alpha value is -1.76. The summed E-state index contributed by atoms with van der Waals surface area (Å²) in [5.41, 5.74) is 2.09. The third-order valence-electron chi connectivity index (χ3n) is 4.68. The summed E-state index contributed by atoms with van der Waals surface area (Å²) < 4.78 is 13.0. The van der Waals surface area contributed by atoms with Gasteiger partial charge in [0, 0.05) is 32.7 Å². The van der Waals surface area contributed by atoms with Gasteiger partial charge in [-0.1, -0.05) is 12.1 Å². The summed E-state index contributed by atoms with van der Waals surface area (Å²) in [6, 6.07) is 8.44. The number of nitrogens with one attached hydrogen (secondary N) is 1. The fraction of sp³-hybridized carbons (Fsp3) is 0.421. The zero-order chi connectivity index (χ0) is 17.6. The molecule has 0 unspecified atom stereocenters. The molecule has 1 aromatic heterocycles. The maximum atomic E-state index is 13.0. The molecule has 134 valence electrons. The lowest BCUT2D eigenvalue weighted by atomic mass is 10.1. The normalized spacial score (nSPS) is 17.4. The molecule has 6 heteroatoms. The van der Waals surface area contributed by atoms with Crippen LogP contribution in [0.25, 0.3) is 0 Å². The predicted octanol–water partition coefficient (Wildman–Crippen LogP) is 2.53. The summed E-state index contributed by atoms with van der Waals surface area (Å²) in [4.78, 5) is 17.0. The molecule has 0 aliphatic carbocycles. The summed E-state index contributed by atoms with van der Waals surface area (Å²) in [5.74, 6) is -0.308. The minimum absolute atomic E-state index is 0.0269. The number of amides is 1. The molecule has 1 fully saturated rings. The lowest BCUT2D eigenvalue weighted by Gasteiger charge is -2.38. The van der Waals surface area contributed by atoms with Gasteiger partial charge in [0.05, 0.1) is 12.5 Å². The standard InChI is InChI=1S/C19H24FN3OS/c1-22-7-9-23(10-8-22)18(16-6-11-25-14-16)13-21-19(24)12-15-2-4-17(20)5-3-15/h2-6,11,14,18H,7-10,12-13H2,1H3,(H,21,24)/t18-/m1/s1. The Balaban J connectivity index is 1.58. The number of benzene rings is 1. The Morgan fingerprint density at radius 1 is 1.20 bits per heavy atom. The highest BCUT2D eigenvalue weighted by molar-refractivity contribution is 7.07. The van der Waals surface area contributed by atoms with E-state index in [-0.39, 0.29) is 24.2 Å². The van der Waals surface area contributed by atoms with Crippen LogP contribution in [0.4, 0.5) is 4.39 Å². The van der Waals surface area contributed by atoms with Gasteiger partial charge < -0.3 is 10.2 Å². The van der Waals surface area contributed by atoms with Gasteiger partial charge in [-0.2, -0.15) is 11.3 Å². The van der Waals surface area contributed by atoms with Gasteiger partial charge in [-0.15, -0.1) is 0 Å². The first-order valence-electron chi connectivity index (χ1n) is 8.57. The Labute approximate surface area is 152 Å². The number of rotatable bonds is 6. The minimum atomic E-state index is -0.281. The molecule has 1 aromatic carbocycles. The molecule has 1 amide bonds. The predicted molar refractivity (Wildman–Crippen MR) is 99.2 cm³/mol. The number of halogens is 1. The lowest BCUT2D eigenvalue weighted by molar-refractivity contribution is -0.120. The first-order valence-corrected chi connectivity index (χ1v) is 9.52. The fourth-order valence-corrected chi connectivity index (χ4v) is 3.82. The summed E-state index contributed by atoms with van der Waals surface area (Å²) in [6.07, 6.45) is 0.277. The molecule has 1 N–H and O–H groups in total. The molecule has 0 radical (unpaired) electrons. The lowest BCUT2D eigenvalue weighted by Crippen LogP contribution is -2.48. The van der Waals surface area contributed by atoms with Crippen LogP contribution in [0.1, 0.15) is 17.2 Å². The highest BCUT2D eigenvalue weighted by Crippen LogP contribution is 2.23. The van der Waals surface area contributed by atoms with Crippen LogP contribution in [0.5, 0.6) is 0 Å². The number of nitrogens with zero attached hydrogens (tertiary/aromatic N) is 2. The van der Waals surface area contributed by atoms with E-state index in [0.29, 0.717) is 6.54 Å². The number of carbonyl (C=O) groups excluding carboxylic acids is 1. The van der Waals surface area contributed by atoms with E-state index < -0.39 is 0 Å². The molecule has 2 aromatic rings. The van der Waals surface area contributed by atoms with E-state index in [9.17, 15) is 9.18 Å². The topological polar surface area (TPSA) is 35.6 Å². The van der Waals surface area contributed by atoms with E-state index in [1.807, 2.05) is 0 Å². The minimum Gasteiger partial charge on any atom is -0.354 e. The van der Waals surface area contributed by atoms with Crippen molar-refractivity contribution in [2.45, 2.75) is 12.5 Å². The van der Waals surface area contributed by atoms with Gasteiger partial charge in [0.25, 0.3) is 0 Å². The summed E-state index contributed by atoms with van der Waals surface area (Å²) >= 11 is 1.69. The fourth-order valence-electron chi connectivity index (χ4n) is 3.12. The number of likely N-dealkylation sites (N-methyl/N-ethyl adjacent to an activating group) is 1. The molecule has 1 saturated heterocycles. The second-order valence-electron chi connectivity index (χ2n) is 6.52. The average molecular weight is 361 g/mol. The van der Waals surface area contributed by atoms with Gasteiger partial charge in [-0.3, -0.25) is 9.69 Å². The van der Waals surface area contributed by atoms with Gasteiger partial charge in [0.1, 0.15) is 5.82 Å². The van der Waals surface area contributed by atoms with Crippen molar-refractivity contribution in [1.29, 1.82) is 0 Å². The molecule has 1 aliphatic rings. The Morgan fingerprint density at radius 2 is 1.92 bits per heavy atom. The van der Waals surface area contributed by atoms with Crippen LogP contribution in [-0.4, -0.2) is 55.5 Å². The van der Waals surface area contributed by atoms with E-state index in [4.69, 9.17) is 0 Å². The number of carbonyl (C=O) groups is 1. The second kappa shape index (κ2) is 8.56. The number of hydrogen-bond acceptors (Lipinski definition) is 4. The zero-order valence-electron chi connectivity index (χ0n) is 14.5. The maximum Gasteiger partial charge on any atom is 0.224 e. The molecule has 25 heavy (non-hydrogen) atoms. The molecule has 4 nitrogen and oxygen atoms in total. The monoisotopic (exact) mass is 361 g/mol. The Bertz CT molecular complexity index is 666. The van der Waals surface area contributed by atoms with Crippen molar-refractivity contribution < 1.29 is 9.18 Å². The van der Waals surface area contributed by atoms with Crippen molar-refractivity contribution >= 4 is 17.2 Å². The van der Waals surface area contributed by atoms with E-state index in [1.54, 1.807) is 23.5 Å².